The maximum atomic E-state index is 12.3. The van der Waals surface area contributed by atoms with E-state index in [0.717, 1.165) is 22.7 Å². The molecule has 9 heteroatoms. The minimum atomic E-state index is -0.463. The highest BCUT2D eigenvalue weighted by molar-refractivity contribution is 7.09. The van der Waals surface area contributed by atoms with Gasteiger partial charge in [-0.3, -0.25) is 14.6 Å². The summed E-state index contributed by atoms with van der Waals surface area (Å²) in [7, 11) is 0. The Morgan fingerprint density at radius 1 is 1.07 bits per heavy atom. The predicted molar refractivity (Wildman–Crippen MR) is 105 cm³/mol. The topological polar surface area (TPSA) is 110 Å². The third-order valence-corrected chi connectivity index (χ3v) is 4.95. The van der Waals surface area contributed by atoms with Gasteiger partial charge in [0.2, 0.25) is 0 Å². The highest BCUT2D eigenvalue weighted by Gasteiger charge is 2.22. The minimum absolute atomic E-state index is 0.0265. The first-order chi connectivity index (χ1) is 13.1. The number of carbonyl (C=O) groups excluding carboxylic acids is 2. The van der Waals surface area contributed by atoms with Gasteiger partial charge in [-0.05, 0) is 34.8 Å². The average Bonchev–Trinajstić information content (AvgIpc) is 3.07. The molecule has 0 bridgehead atoms. The van der Waals surface area contributed by atoms with Gasteiger partial charge in [-0.15, -0.1) is 0 Å². The Kier molecular flexibility index (Phi) is 6.00. The van der Waals surface area contributed by atoms with E-state index in [1.165, 1.54) is 0 Å². The Hall–Kier alpha value is -2.97. The molecule has 2 amide bonds. The largest absolute Gasteiger partial charge is 0.395 e. The Bertz CT molecular complexity index is 961. The van der Waals surface area contributed by atoms with Crippen LogP contribution in [0.3, 0.4) is 0 Å². The average molecular weight is 402 g/mol. The maximum Gasteiger partial charge on any atom is 0.273 e. The number of hydrogen-bond acceptors (Lipinski definition) is 6. The number of amides is 2. The second-order valence-corrected chi connectivity index (χ2v) is 6.77. The fourth-order valence-electron chi connectivity index (χ4n) is 2.29. The summed E-state index contributed by atoms with van der Waals surface area (Å²) in [5, 5.41) is 6.00. The summed E-state index contributed by atoms with van der Waals surface area (Å²) in [4.78, 5) is 28.8. The lowest BCUT2D eigenvalue weighted by Gasteiger charge is -2.06. The number of pyridine rings is 1. The standard InChI is InChI=1S/C18H16ClN5O2S/c19-13-6-2-1-5-12(13)10-23-17(25)15-14(20)16(27-24-15)18(26)22-9-11-4-3-7-21-8-11/h1-8H,9-10,20H2,(H,22,26)(H,23,25). The van der Waals surface area contributed by atoms with E-state index in [2.05, 4.69) is 20.0 Å². The number of halogens is 1. The SMILES string of the molecule is Nc1c(C(=O)NCc2ccccc2Cl)nsc1C(=O)NCc1cccnc1. The van der Waals surface area contributed by atoms with E-state index in [9.17, 15) is 9.59 Å². The number of nitrogens with two attached hydrogens (primary N) is 1. The number of nitrogens with one attached hydrogen (secondary N) is 2. The molecular weight excluding hydrogens is 386 g/mol. The molecule has 1 aromatic carbocycles. The zero-order valence-electron chi connectivity index (χ0n) is 14.1. The molecule has 0 aliphatic carbocycles. The van der Waals surface area contributed by atoms with Crippen LogP contribution in [0, 0.1) is 0 Å². The molecule has 0 saturated heterocycles. The van der Waals surface area contributed by atoms with Crippen LogP contribution < -0.4 is 16.4 Å². The summed E-state index contributed by atoms with van der Waals surface area (Å²) in [6, 6.07) is 10.8. The van der Waals surface area contributed by atoms with E-state index >= 15 is 0 Å². The normalized spacial score (nSPS) is 10.4. The van der Waals surface area contributed by atoms with E-state index in [0.29, 0.717) is 11.6 Å². The summed E-state index contributed by atoms with van der Waals surface area (Å²) in [5.41, 5.74) is 7.67. The van der Waals surface area contributed by atoms with Crippen molar-refractivity contribution >= 4 is 40.6 Å². The number of nitrogens with zero attached hydrogens (tertiary/aromatic N) is 2. The van der Waals surface area contributed by atoms with Crippen molar-refractivity contribution in [2.45, 2.75) is 13.1 Å². The van der Waals surface area contributed by atoms with Gasteiger partial charge in [0.05, 0.1) is 5.69 Å². The molecule has 7 nitrogen and oxygen atoms in total. The molecule has 138 valence electrons. The predicted octanol–water partition coefficient (Wildman–Crippen LogP) is 2.63. The Balaban J connectivity index is 1.62. The number of anilines is 1. The van der Waals surface area contributed by atoms with Crippen LogP contribution >= 0.6 is 23.1 Å². The molecule has 0 fully saturated rings. The lowest BCUT2D eigenvalue weighted by Crippen LogP contribution is -2.25. The molecule has 4 N–H and O–H groups in total. The summed E-state index contributed by atoms with van der Waals surface area (Å²) in [6.45, 7) is 0.538. The number of nitrogen functional groups attached to an aromatic ring is 1. The van der Waals surface area contributed by atoms with E-state index in [-0.39, 0.29) is 28.7 Å². The van der Waals surface area contributed by atoms with Gasteiger partial charge in [0.1, 0.15) is 4.88 Å². The molecular formula is C18H16ClN5O2S. The molecule has 0 radical (unpaired) electrons. The molecule has 0 aliphatic heterocycles. The van der Waals surface area contributed by atoms with Gasteiger partial charge < -0.3 is 16.4 Å². The quantitative estimate of drug-likeness (QED) is 0.588. The van der Waals surface area contributed by atoms with E-state index in [1.807, 2.05) is 24.3 Å². The molecule has 2 aromatic heterocycles. The van der Waals surface area contributed by atoms with E-state index in [1.54, 1.807) is 24.5 Å². The van der Waals surface area contributed by atoms with Crippen molar-refractivity contribution in [2.75, 3.05) is 5.73 Å². The minimum Gasteiger partial charge on any atom is -0.395 e. The van der Waals surface area contributed by atoms with E-state index < -0.39 is 5.91 Å². The van der Waals surface area contributed by atoms with Crippen molar-refractivity contribution in [1.82, 2.24) is 20.0 Å². The first kappa shape index (κ1) is 18.8. The zero-order chi connectivity index (χ0) is 19.2. The van der Waals surface area contributed by atoms with Crippen LogP contribution in [0.4, 0.5) is 5.69 Å². The van der Waals surface area contributed by atoms with Crippen LogP contribution in [-0.2, 0) is 13.1 Å². The van der Waals surface area contributed by atoms with Crippen LogP contribution in [0.2, 0.25) is 5.02 Å². The zero-order valence-corrected chi connectivity index (χ0v) is 15.7. The van der Waals surface area contributed by atoms with E-state index in [4.69, 9.17) is 17.3 Å². The lowest BCUT2D eigenvalue weighted by molar-refractivity contribution is 0.0946. The van der Waals surface area contributed by atoms with Gasteiger partial charge in [0, 0.05) is 30.5 Å². The summed E-state index contributed by atoms with van der Waals surface area (Å²) in [6.07, 6.45) is 3.31. The van der Waals surface area contributed by atoms with Crippen molar-refractivity contribution in [1.29, 1.82) is 0 Å². The third kappa shape index (κ3) is 4.60. The molecule has 0 aliphatic rings. The molecule has 0 unspecified atom stereocenters. The number of aromatic nitrogens is 2. The molecule has 27 heavy (non-hydrogen) atoms. The monoisotopic (exact) mass is 401 g/mol. The third-order valence-electron chi connectivity index (χ3n) is 3.72. The maximum absolute atomic E-state index is 12.3. The molecule has 3 aromatic rings. The second kappa shape index (κ2) is 8.61. The Morgan fingerprint density at radius 3 is 2.59 bits per heavy atom. The van der Waals surface area contributed by atoms with Gasteiger partial charge >= 0.3 is 0 Å². The van der Waals surface area contributed by atoms with Gasteiger partial charge in [0.25, 0.3) is 11.8 Å². The number of hydrogen-bond donors (Lipinski definition) is 3. The summed E-state index contributed by atoms with van der Waals surface area (Å²) < 4.78 is 4.02. The summed E-state index contributed by atoms with van der Waals surface area (Å²) in [5.74, 6) is -0.853. The second-order valence-electron chi connectivity index (χ2n) is 5.59. The van der Waals surface area contributed by atoms with Crippen molar-refractivity contribution in [3.05, 3.63) is 75.5 Å². The number of carbonyl (C=O) groups is 2. The van der Waals surface area contributed by atoms with Gasteiger partial charge in [0.15, 0.2) is 5.69 Å². The molecule has 0 spiro atoms. The molecule has 0 atom stereocenters. The van der Waals surface area contributed by atoms with Crippen LogP contribution in [0.1, 0.15) is 31.3 Å². The number of rotatable bonds is 6. The van der Waals surface area contributed by atoms with Crippen molar-refractivity contribution in [3.63, 3.8) is 0 Å². The Labute approximate surface area is 164 Å². The van der Waals surface area contributed by atoms with Crippen molar-refractivity contribution in [2.24, 2.45) is 0 Å². The van der Waals surface area contributed by atoms with Crippen LogP contribution in [0.5, 0.6) is 0 Å². The molecule has 3 rings (SSSR count). The fraction of sp³-hybridized carbons (Fsp3) is 0.111. The van der Waals surface area contributed by atoms with Crippen molar-refractivity contribution < 1.29 is 9.59 Å². The van der Waals surface area contributed by atoms with Crippen LogP contribution in [0.25, 0.3) is 0 Å². The number of benzene rings is 1. The first-order valence-corrected chi connectivity index (χ1v) is 9.15. The fourth-order valence-corrected chi connectivity index (χ4v) is 3.21. The highest BCUT2D eigenvalue weighted by atomic mass is 35.5. The first-order valence-electron chi connectivity index (χ1n) is 8.00. The van der Waals surface area contributed by atoms with Crippen LogP contribution in [0.15, 0.2) is 48.8 Å². The van der Waals surface area contributed by atoms with Gasteiger partial charge in [-0.1, -0.05) is 35.9 Å². The van der Waals surface area contributed by atoms with Gasteiger partial charge in [-0.25, -0.2) is 0 Å². The molecule has 0 saturated carbocycles. The lowest BCUT2D eigenvalue weighted by atomic mass is 10.2. The highest BCUT2D eigenvalue weighted by Crippen LogP contribution is 2.22. The smallest absolute Gasteiger partial charge is 0.273 e. The Morgan fingerprint density at radius 2 is 1.85 bits per heavy atom. The van der Waals surface area contributed by atoms with Crippen LogP contribution in [-0.4, -0.2) is 21.2 Å². The molecule has 2 heterocycles. The summed E-state index contributed by atoms with van der Waals surface area (Å²) >= 11 is 6.95. The van der Waals surface area contributed by atoms with Crippen molar-refractivity contribution in [3.8, 4) is 0 Å². The van der Waals surface area contributed by atoms with Gasteiger partial charge in [-0.2, -0.15) is 4.37 Å².